The van der Waals surface area contributed by atoms with Crippen LogP contribution in [-0.4, -0.2) is 106 Å². The predicted molar refractivity (Wildman–Crippen MR) is 89.5 cm³/mol. The highest BCUT2D eigenvalue weighted by Gasteiger charge is 2.51. The van der Waals surface area contributed by atoms with Crippen molar-refractivity contribution in [2.75, 3.05) is 6.61 Å². The summed E-state index contributed by atoms with van der Waals surface area (Å²) in [6.45, 7) is 0.0857. The van der Waals surface area contributed by atoms with Crippen molar-refractivity contribution in [2.24, 2.45) is 0 Å². The number of hydrogen-bond donors (Lipinski definition) is 7. The molecule has 0 spiro atoms. The van der Waals surface area contributed by atoms with E-state index in [4.69, 9.17) is 23.9 Å². The molecule has 2 aliphatic rings. The van der Waals surface area contributed by atoms with Gasteiger partial charge in [0.15, 0.2) is 6.29 Å². The fourth-order valence-electron chi connectivity index (χ4n) is 2.91. The second-order valence-corrected chi connectivity index (χ2v) is 7.41. The van der Waals surface area contributed by atoms with Crippen LogP contribution in [0.15, 0.2) is 11.8 Å². The fraction of sp³-hybridized carbons (Fsp3) is 0.714. The van der Waals surface area contributed by atoms with Crippen molar-refractivity contribution in [2.45, 2.75) is 56.1 Å². The minimum atomic E-state index is -5.18. The van der Waals surface area contributed by atoms with E-state index in [0.717, 1.165) is 6.92 Å². The van der Waals surface area contributed by atoms with Crippen LogP contribution in [0.25, 0.3) is 0 Å². The molecule has 2 heterocycles. The zero-order valence-electron chi connectivity index (χ0n) is 15.3. The van der Waals surface area contributed by atoms with Crippen molar-refractivity contribution in [3.63, 3.8) is 0 Å². The molecule has 1 amide bonds. The number of carbonyl (C=O) groups excluding carboxylic acids is 1. The number of amides is 1. The molecule has 0 saturated carbocycles. The Balaban J connectivity index is 2.41. The maximum atomic E-state index is 11.5. The van der Waals surface area contributed by atoms with Gasteiger partial charge in [-0.05, 0) is 6.08 Å². The Bertz CT molecular complexity index is 784. The molecule has 1 saturated heterocycles. The van der Waals surface area contributed by atoms with Crippen LogP contribution < -0.4 is 5.32 Å². The van der Waals surface area contributed by atoms with Crippen molar-refractivity contribution in [1.82, 2.24) is 5.32 Å². The van der Waals surface area contributed by atoms with Crippen LogP contribution in [0.5, 0.6) is 0 Å². The van der Waals surface area contributed by atoms with Crippen LogP contribution in [0, 0.1) is 0 Å². The normalized spacial score (nSPS) is 37.1. The molecule has 0 unspecified atom stereocenters. The van der Waals surface area contributed by atoms with Crippen LogP contribution in [-0.2, 0) is 38.4 Å². The number of carbonyl (C=O) groups is 2. The molecule has 2 rings (SSSR count). The lowest BCUT2D eigenvalue weighted by Gasteiger charge is -2.45. The van der Waals surface area contributed by atoms with E-state index < -0.39 is 83.8 Å². The third-order valence-electron chi connectivity index (χ3n) is 4.14. The Morgan fingerprint density at radius 1 is 1.23 bits per heavy atom. The average molecular weight is 459 g/mol. The molecule has 15 nitrogen and oxygen atoms in total. The van der Waals surface area contributed by atoms with E-state index in [0.29, 0.717) is 6.08 Å². The van der Waals surface area contributed by atoms with E-state index in [1.54, 1.807) is 0 Å². The summed E-state index contributed by atoms with van der Waals surface area (Å²) in [7, 11) is -5.18. The van der Waals surface area contributed by atoms with Crippen LogP contribution in [0.2, 0.25) is 0 Å². The van der Waals surface area contributed by atoms with Crippen LogP contribution in [0.1, 0.15) is 6.92 Å². The fourth-order valence-corrected chi connectivity index (χ4v) is 3.42. The smallest absolute Gasteiger partial charge is 0.397 e. The topological polar surface area (TPSA) is 239 Å². The van der Waals surface area contributed by atoms with Gasteiger partial charge in [-0.2, -0.15) is 8.42 Å². The van der Waals surface area contributed by atoms with Gasteiger partial charge >= 0.3 is 16.4 Å². The first kappa shape index (κ1) is 24.4. The van der Waals surface area contributed by atoms with Crippen molar-refractivity contribution < 1.29 is 66.5 Å². The van der Waals surface area contributed by atoms with Gasteiger partial charge < -0.3 is 45.1 Å². The monoisotopic (exact) mass is 459 g/mol. The van der Waals surface area contributed by atoms with Gasteiger partial charge in [0.2, 0.25) is 18.0 Å². The quantitative estimate of drug-likeness (QED) is 0.179. The number of rotatable bonds is 7. The lowest BCUT2D eigenvalue weighted by atomic mass is 9.96. The molecule has 0 radical (unpaired) electrons. The number of carboxylic acid groups (broad SMARTS) is 1. The molecule has 16 heteroatoms. The Hall–Kier alpha value is -1.89. The lowest BCUT2D eigenvalue weighted by Crippen LogP contribution is -2.67. The maximum absolute atomic E-state index is 11.5. The number of nitrogens with one attached hydrogen (secondary N) is 1. The third-order valence-corrected chi connectivity index (χ3v) is 4.61. The van der Waals surface area contributed by atoms with Gasteiger partial charge in [-0.1, -0.05) is 0 Å². The summed E-state index contributed by atoms with van der Waals surface area (Å²) in [5.41, 5.74) is 0. The van der Waals surface area contributed by atoms with Crippen LogP contribution in [0.3, 0.4) is 0 Å². The molecule has 7 N–H and O–H groups in total. The average Bonchev–Trinajstić information content (AvgIpc) is 2.61. The number of aliphatic hydroxyl groups is 4. The largest absolute Gasteiger partial charge is 0.475 e. The second kappa shape index (κ2) is 9.50. The highest BCUT2D eigenvalue weighted by atomic mass is 32.3. The third kappa shape index (κ3) is 5.84. The molecule has 0 aromatic carbocycles. The Kier molecular flexibility index (Phi) is 7.72. The summed E-state index contributed by atoms with van der Waals surface area (Å²) in [4.78, 5) is 22.6. The lowest BCUT2D eigenvalue weighted by molar-refractivity contribution is -0.298. The Morgan fingerprint density at radius 3 is 2.37 bits per heavy atom. The number of ether oxygens (including phenoxy) is 3. The molecule has 0 aliphatic carbocycles. The van der Waals surface area contributed by atoms with E-state index in [9.17, 15) is 38.4 Å². The SMILES string of the molecule is CC(=O)N[C@@H]1[C@@H](O[C@H]2OC(C(=O)O)=C[C@H](O)[C@H]2O)[C@@H](OS(=O)(=O)O)[C@@H](CO)O[C@H]1O. The van der Waals surface area contributed by atoms with Gasteiger partial charge in [0.05, 0.1) is 6.61 Å². The minimum Gasteiger partial charge on any atom is -0.475 e. The summed E-state index contributed by atoms with van der Waals surface area (Å²) in [5.74, 6) is -3.19. The Morgan fingerprint density at radius 2 is 1.87 bits per heavy atom. The first-order valence-electron chi connectivity index (χ1n) is 8.34. The standard InChI is InChI=1S/C14H21NO14S/c1-4(17)15-8-11(10(29-30(23,24)25)7(3-16)26-13(8)22)28-14-9(19)5(18)2-6(27-14)12(20)21/h2,5,7-11,13-14,16,18-19,22H,3H2,1H3,(H,15,17)(H,20,21)(H,23,24,25)/t5-,7+,8+,9+,10-,11+,13+,14+/m0/s1. The second-order valence-electron chi connectivity index (χ2n) is 6.37. The molecule has 172 valence electrons. The van der Waals surface area contributed by atoms with E-state index >= 15 is 0 Å². The van der Waals surface area contributed by atoms with Crippen molar-refractivity contribution in [3.8, 4) is 0 Å². The van der Waals surface area contributed by atoms with E-state index in [2.05, 4.69) is 9.50 Å². The summed E-state index contributed by atoms with van der Waals surface area (Å²) < 4.78 is 51.3. The van der Waals surface area contributed by atoms with Crippen molar-refractivity contribution in [3.05, 3.63) is 11.8 Å². The first-order valence-corrected chi connectivity index (χ1v) is 9.71. The molecular weight excluding hydrogens is 438 g/mol. The predicted octanol–water partition coefficient (Wildman–Crippen LogP) is -4.18. The first-order chi connectivity index (χ1) is 13.8. The summed E-state index contributed by atoms with van der Waals surface area (Å²) in [6.07, 6.45) is -12.1. The molecule has 0 aromatic rings. The molecule has 0 bridgehead atoms. The minimum absolute atomic E-state index is 0.680. The van der Waals surface area contributed by atoms with Gasteiger partial charge in [-0.25, -0.2) is 8.98 Å². The molecule has 30 heavy (non-hydrogen) atoms. The maximum Gasteiger partial charge on any atom is 0.397 e. The van der Waals surface area contributed by atoms with E-state index in [1.165, 1.54) is 0 Å². The number of aliphatic carboxylic acids is 1. The molecule has 8 atom stereocenters. The van der Waals surface area contributed by atoms with E-state index in [1.807, 2.05) is 0 Å². The van der Waals surface area contributed by atoms with Gasteiger partial charge in [0, 0.05) is 6.92 Å². The zero-order chi connectivity index (χ0) is 22.8. The van der Waals surface area contributed by atoms with Crippen molar-refractivity contribution in [1.29, 1.82) is 0 Å². The number of hydrogen-bond acceptors (Lipinski definition) is 12. The highest BCUT2D eigenvalue weighted by Crippen LogP contribution is 2.30. The van der Waals surface area contributed by atoms with Crippen LogP contribution in [0.4, 0.5) is 0 Å². The van der Waals surface area contributed by atoms with Crippen LogP contribution >= 0.6 is 0 Å². The summed E-state index contributed by atoms with van der Waals surface area (Å²) in [5, 5.41) is 50.7. The number of aliphatic hydroxyl groups excluding tert-OH is 4. The molecular formula is C14H21NO14S. The summed E-state index contributed by atoms with van der Waals surface area (Å²) >= 11 is 0. The van der Waals surface area contributed by atoms with Gasteiger partial charge in [-0.3, -0.25) is 9.35 Å². The molecule has 2 aliphatic heterocycles. The van der Waals surface area contributed by atoms with E-state index in [-0.39, 0.29) is 0 Å². The van der Waals surface area contributed by atoms with Gasteiger partial charge in [0.25, 0.3) is 0 Å². The Labute approximate surface area is 169 Å². The molecule has 0 aromatic heterocycles. The number of carboxylic acids is 1. The van der Waals surface area contributed by atoms with Gasteiger partial charge in [-0.15, -0.1) is 0 Å². The molecule has 1 fully saturated rings. The highest BCUT2D eigenvalue weighted by molar-refractivity contribution is 7.80. The van der Waals surface area contributed by atoms with Crippen molar-refractivity contribution >= 4 is 22.3 Å². The summed E-state index contributed by atoms with van der Waals surface area (Å²) in [6, 6.07) is -1.59. The zero-order valence-corrected chi connectivity index (χ0v) is 16.1. The van der Waals surface area contributed by atoms with Gasteiger partial charge in [0.1, 0.15) is 36.6 Å².